The Hall–Kier alpha value is -0.580. The van der Waals surface area contributed by atoms with Crippen LogP contribution in [0.1, 0.15) is 94.9 Å². The number of rotatable bonds is 3. The van der Waals surface area contributed by atoms with Crippen molar-refractivity contribution in [1.29, 1.82) is 0 Å². The average Bonchev–Trinajstić information content (AvgIpc) is 2.70. The Morgan fingerprint density at radius 1 is 0.600 bits per heavy atom. The van der Waals surface area contributed by atoms with Crippen molar-refractivity contribution >= 4 is 0 Å². The summed E-state index contributed by atoms with van der Waals surface area (Å²) in [5.41, 5.74) is 1.15. The Kier molecular flexibility index (Phi) is 19.0. The first-order chi connectivity index (χ1) is 13.3. The molecule has 0 aromatic carbocycles. The molecule has 0 atom stereocenters. The minimum Gasteiger partial charge on any atom is -0.386 e. The van der Waals surface area contributed by atoms with Crippen molar-refractivity contribution in [2.24, 2.45) is 0 Å². The van der Waals surface area contributed by atoms with Gasteiger partial charge in [-0.3, -0.25) is 4.90 Å². The molecular formula is C26H58N4. The monoisotopic (exact) mass is 426 g/mol. The lowest BCUT2D eigenvalue weighted by Gasteiger charge is -2.32. The van der Waals surface area contributed by atoms with Crippen molar-refractivity contribution in [3.05, 3.63) is 12.3 Å². The Morgan fingerprint density at radius 2 is 0.967 bits per heavy atom. The summed E-state index contributed by atoms with van der Waals surface area (Å²) in [5.74, 6) is 0. The van der Waals surface area contributed by atoms with E-state index in [9.17, 15) is 0 Å². The van der Waals surface area contributed by atoms with E-state index in [1.54, 1.807) is 0 Å². The fourth-order valence-corrected chi connectivity index (χ4v) is 4.07. The zero-order valence-corrected chi connectivity index (χ0v) is 20.0. The molecule has 3 fully saturated rings. The Morgan fingerprint density at radius 3 is 1.20 bits per heavy atom. The van der Waals surface area contributed by atoms with Crippen molar-refractivity contribution in [3.8, 4) is 0 Å². The molecule has 3 saturated heterocycles. The number of likely N-dealkylation sites (tertiary alicyclic amines) is 2. The van der Waals surface area contributed by atoms with Crippen LogP contribution in [0.15, 0.2) is 12.3 Å². The summed E-state index contributed by atoms with van der Waals surface area (Å²) in [6, 6.07) is 2.19. The van der Waals surface area contributed by atoms with Crippen LogP contribution in [-0.4, -0.2) is 78.6 Å². The number of piperazine rings is 1. The third-order valence-corrected chi connectivity index (χ3v) is 6.14. The molecule has 30 heavy (non-hydrogen) atoms. The highest BCUT2D eigenvalue weighted by Crippen LogP contribution is 2.11. The van der Waals surface area contributed by atoms with Gasteiger partial charge in [-0.25, -0.2) is 0 Å². The van der Waals surface area contributed by atoms with Gasteiger partial charge in [0.1, 0.15) is 0 Å². The standard InChI is InChI=1S/C8H16N2.2C8H17N.2CH4/c1-7(2)10-5-4-9-8(3)6-10;2*1-8(2)9-6-4-3-5-7-9;;/h7,9H,3-6H2,1-2H3;2*8H,3-7H2,1-2H3;2*1H4. The van der Waals surface area contributed by atoms with Crippen LogP contribution in [0.25, 0.3) is 0 Å². The lowest BCUT2D eigenvalue weighted by Crippen LogP contribution is -2.44. The zero-order valence-electron chi connectivity index (χ0n) is 20.0. The molecule has 0 aromatic heterocycles. The predicted octanol–water partition coefficient (Wildman–Crippen LogP) is 5.85. The quantitative estimate of drug-likeness (QED) is 0.611. The van der Waals surface area contributed by atoms with E-state index in [0.29, 0.717) is 6.04 Å². The lowest BCUT2D eigenvalue weighted by molar-refractivity contribution is 0.185. The maximum atomic E-state index is 3.89. The van der Waals surface area contributed by atoms with E-state index in [4.69, 9.17) is 0 Å². The van der Waals surface area contributed by atoms with E-state index in [0.717, 1.165) is 37.4 Å². The van der Waals surface area contributed by atoms with Crippen molar-refractivity contribution in [2.75, 3.05) is 45.8 Å². The summed E-state index contributed by atoms with van der Waals surface area (Å²) in [4.78, 5) is 7.53. The van der Waals surface area contributed by atoms with Crippen molar-refractivity contribution < 1.29 is 0 Å². The van der Waals surface area contributed by atoms with Gasteiger partial charge in [0.2, 0.25) is 0 Å². The van der Waals surface area contributed by atoms with Gasteiger partial charge in [-0.2, -0.15) is 0 Å². The van der Waals surface area contributed by atoms with E-state index < -0.39 is 0 Å². The van der Waals surface area contributed by atoms with Crippen LogP contribution in [0.3, 0.4) is 0 Å². The van der Waals surface area contributed by atoms with Gasteiger partial charge in [-0.15, -0.1) is 0 Å². The summed E-state index contributed by atoms with van der Waals surface area (Å²) in [6.45, 7) is 26.0. The van der Waals surface area contributed by atoms with Gasteiger partial charge in [-0.05, 0) is 93.4 Å². The molecule has 1 N–H and O–H groups in total. The second kappa shape index (κ2) is 18.0. The number of nitrogens with one attached hydrogen (secondary N) is 1. The summed E-state index contributed by atoms with van der Waals surface area (Å²) in [5, 5.41) is 3.23. The van der Waals surface area contributed by atoms with E-state index in [1.165, 1.54) is 64.7 Å². The Bertz CT molecular complexity index is 372. The SMILES string of the molecule is C.C.C=C1CN(C(C)C)CCN1.CC(C)N1CCCCC1.CC(C)N1CCCCC1. The third-order valence-electron chi connectivity index (χ3n) is 6.14. The second-order valence-corrected chi connectivity index (χ2v) is 9.48. The first-order valence-electron chi connectivity index (χ1n) is 11.9. The Labute approximate surface area is 191 Å². The normalized spacial score (nSPS) is 20.9. The minimum atomic E-state index is 0. The molecule has 0 unspecified atom stereocenters. The van der Waals surface area contributed by atoms with Crippen LogP contribution in [0, 0.1) is 0 Å². The summed E-state index contributed by atoms with van der Waals surface area (Å²) in [7, 11) is 0. The van der Waals surface area contributed by atoms with E-state index in [1.807, 2.05) is 0 Å². The van der Waals surface area contributed by atoms with E-state index >= 15 is 0 Å². The molecule has 0 bridgehead atoms. The topological polar surface area (TPSA) is 21.8 Å². The highest BCUT2D eigenvalue weighted by Gasteiger charge is 2.14. The smallest absolute Gasteiger partial charge is 0.0379 e. The summed E-state index contributed by atoms with van der Waals surface area (Å²) in [6.07, 6.45) is 8.55. The fraction of sp³-hybridized carbons (Fsp3) is 0.923. The van der Waals surface area contributed by atoms with Crippen molar-refractivity contribution in [3.63, 3.8) is 0 Å². The number of hydrogen-bond donors (Lipinski definition) is 1. The summed E-state index contributed by atoms with van der Waals surface area (Å²) < 4.78 is 0. The van der Waals surface area contributed by atoms with Gasteiger partial charge < -0.3 is 15.1 Å². The second-order valence-electron chi connectivity index (χ2n) is 9.48. The number of hydrogen-bond acceptors (Lipinski definition) is 4. The molecular weight excluding hydrogens is 368 g/mol. The molecule has 0 spiro atoms. The third kappa shape index (κ3) is 13.7. The van der Waals surface area contributed by atoms with Crippen molar-refractivity contribution in [2.45, 2.75) is 113 Å². The molecule has 0 aromatic rings. The zero-order chi connectivity index (χ0) is 20.9. The molecule has 4 nitrogen and oxygen atoms in total. The highest BCUT2D eigenvalue weighted by atomic mass is 15.2. The van der Waals surface area contributed by atoms with Gasteiger partial charge >= 0.3 is 0 Å². The van der Waals surface area contributed by atoms with Crippen LogP contribution < -0.4 is 5.32 Å². The average molecular weight is 427 g/mol. The first-order valence-corrected chi connectivity index (χ1v) is 11.9. The molecule has 3 heterocycles. The largest absolute Gasteiger partial charge is 0.386 e. The first kappa shape index (κ1) is 31.6. The number of piperidine rings is 2. The highest BCUT2D eigenvalue weighted by molar-refractivity contribution is 4.98. The molecule has 3 aliphatic rings. The fourth-order valence-electron chi connectivity index (χ4n) is 4.07. The Balaban J connectivity index is 0. The maximum Gasteiger partial charge on any atom is 0.0379 e. The van der Waals surface area contributed by atoms with Crippen molar-refractivity contribution in [1.82, 2.24) is 20.0 Å². The van der Waals surface area contributed by atoms with Crippen LogP contribution in [0.4, 0.5) is 0 Å². The van der Waals surface area contributed by atoms with Crippen LogP contribution in [0.5, 0.6) is 0 Å². The molecule has 0 radical (unpaired) electrons. The van der Waals surface area contributed by atoms with Gasteiger partial charge in [0.15, 0.2) is 0 Å². The van der Waals surface area contributed by atoms with E-state index in [-0.39, 0.29) is 14.9 Å². The maximum absolute atomic E-state index is 3.89. The van der Waals surface area contributed by atoms with Gasteiger partial charge in [-0.1, -0.05) is 34.3 Å². The lowest BCUT2D eigenvalue weighted by atomic mass is 10.1. The van der Waals surface area contributed by atoms with Crippen LogP contribution in [-0.2, 0) is 0 Å². The predicted molar refractivity (Wildman–Crippen MR) is 138 cm³/mol. The molecule has 0 amide bonds. The van der Waals surface area contributed by atoms with Crippen LogP contribution >= 0.6 is 0 Å². The van der Waals surface area contributed by atoms with Gasteiger partial charge in [0.05, 0.1) is 0 Å². The summed E-state index contributed by atoms with van der Waals surface area (Å²) >= 11 is 0. The van der Waals surface area contributed by atoms with Gasteiger partial charge in [0.25, 0.3) is 0 Å². The molecule has 0 aliphatic carbocycles. The molecule has 3 aliphatic heterocycles. The van der Waals surface area contributed by atoms with Gasteiger partial charge in [0, 0.05) is 43.5 Å². The molecule has 4 heteroatoms. The van der Waals surface area contributed by atoms with E-state index in [2.05, 4.69) is 68.1 Å². The molecule has 0 saturated carbocycles. The number of nitrogens with zero attached hydrogens (tertiary/aromatic N) is 3. The van der Waals surface area contributed by atoms with Crippen LogP contribution in [0.2, 0.25) is 0 Å². The molecule has 182 valence electrons. The minimum absolute atomic E-state index is 0. The molecule has 3 rings (SSSR count).